The molecule has 0 atom stereocenters. The van der Waals surface area contributed by atoms with E-state index in [1.165, 1.54) is 11.5 Å². The number of anilines is 2. The molecule has 0 saturated carbocycles. The molecule has 0 unspecified atom stereocenters. The molecule has 3 aromatic rings. The fourth-order valence-electron chi connectivity index (χ4n) is 2.59. The topological polar surface area (TPSA) is 87.4 Å². The van der Waals surface area contributed by atoms with E-state index in [4.69, 9.17) is 4.42 Å². The standard InChI is InChI=1S/C16H16N6O2S/c23-15(18-13-2-1-4-17-10-13)21-5-7-22(8-6-21)16-19-14(20-25-16)12-3-9-24-11-12/h1-4,9-11H,5-8H2,(H,18,23). The molecule has 1 fully saturated rings. The first-order valence-corrected chi connectivity index (χ1v) is 8.64. The van der Waals surface area contributed by atoms with E-state index in [9.17, 15) is 4.79 Å². The number of nitrogens with zero attached hydrogens (tertiary/aromatic N) is 5. The van der Waals surface area contributed by atoms with Crippen LogP contribution in [0.5, 0.6) is 0 Å². The Morgan fingerprint density at radius 1 is 1.24 bits per heavy atom. The van der Waals surface area contributed by atoms with Crippen LogP contribution in [0.3, 0.4) is 0 Å². The maximum atomic E-state index is 12.3. The third kappa shape index (κ3) is 3.45. The number of pyridine rings is 1. The van der Waals surface area contributed by atoms with Crippen molar-refractivity contribution in [3.8, 4) is 11.4 Å². The minimum atomic E-state index is -0.107. The van der Waals surface area contributed by atoms with Crippen LogP contribution in [0.1, 0.15) is 0 Å². The van der Waals surface area contributed by atoms with Crippen LogP contribution < -0.4 is 10.2 Å². The zero-order valence-corrected chi connectivity index (χ0v) is 14.1. The van der Waals surface area contributed by atoms with Gasteiger partial charge in [0.25, 0.3) is 0 Å². The van der Waals surface area contributed by atoms with Gasteiger partial charge in [0.1, 0.15) is 6.26 Å². The molecule has 0 radical (unpaired) electrons. The molecular weight excluding hydrogens is 340 g/mol. The summed E-state index contributed by atoms with van der Waals surface area (Å²) in [6.45, 7) is 2.71. The first-order chi connectivity index (χ1) is 12.3. The largest absolute Gasteiger partial charge is 0.472 e. The van der Waals surface area contributed by atoms with Crippen molar-refractivity contribution >= 4 is 28.4 Å². The maximum absolute atomic E-state index is 12.3. The van der Waals surface area contributed by atoms with Crippen molar-refractivity contribution in [2.75, 3.05) is 36.4 Å². The van der Waals surface area contributed by atoms with Crippen LogP contribution in [0.2, 0.25) is 0 Å². The third-order valence-electron chi connectivity index (χ3n) is 3.94. The Kier molecular flexibility index (Phi) is 4.30. The summed E-state index contributed by atoms with van der Waals surface area (Å²) in [5.74, 6) is 0.672. The number of rotatable bonds is 3. The Hall–Kier alpha value is -2.94. The highest BCUT2D eigenvalue weighted by molar-refractivity contribution is 7.09. The fourth-order valence-corrected chi connectivity index (χ4v) is 3.33. The minimum absolute atomic E-state index is 0.107. The molecular formula is C16H16N6O2S. The highest BCUT2D eigenvalue weighted by Crippen LogP contribution is 2.25. The van der Waals surface area contributed by atoms with Crippen molar-refractivity contribution in [3.05, 3.63) is 43.1 Å². The van der Waals surface area contributed by atoms with E-state index in [0.29, 0.717) is 24.6 Å². The predicted octanol–water partition coefficient (Wildman–Crippen LogP) is 2.55. The second kappa shape index (κ2) is 6.89. The molecule has 1 aliphatic rings. The van der Waals surface area contributed by atoms with Crippen LogP contribution in [0.15, 0.2) is 47.5 Å². The maximum Gasteiger partial charge on any atom is 0.322 e. The summed E-state index contributed by atoms with van der Waals surface area (Å²) in [6.07, 6.45) is 6.54. The lowest BCUT2D eigenvalue weighted by Crippen LogP contribution is -2.50. The quantitative estimate of drug-likeness (QED) is 0.776. The van der Waals surface area contributed by atoms with Crippen molar-refractivity contribution in [2.45, 2.75) is 0 Å². The number of nitrogens with one attached hydrogen (secondary N) is 1. The molecule has 0 spiro atoms. The molecule has 9 heteroatoms. The lowest BCUT2D eigenvalue weighted by atomic mass is 10.3. The average molecular weight is 356 g/mol. The minimum Gasteiger partial charge on any atom is -0.472 e. The van der Waals surface area contributed by atoms with Gasteiger partial charge in [0, 0.05) is 43.9 Å². The smallest absolute Gasteiger partial charge is 0.322 e. The van der Waals surface area contributed by atoms with Crippen molar-refractivity contribution in [1.29, 1.82) is 0 Å². The molecule has 4 rings (SSSR count). The second-order valence-corrected chi connectivity index (χ2v) is 6.29. The number of urea groups is 1. The summed E-state index contributed by atoms with van der Waals surface area (Å²) in [6, 6.07) is 5.34. The number of carbonyl (C=O) groups excluding carboxylic acids is 1. The van der Waals surface area contributed by atoms with Gasteiger partial charge < -0.3 is 19.5 Å². The summed E-state index contributed by atoms with van der Waals surface area (Å²) in [5, 5.41) is 3.72. The summed E-state index contributed by atoms with van der Waals surface area (Å²) in [5.41, 5.74) is 1.57. The molecule has 1 N–H and O–H groups in total. The predicted molar refractivity (Wildman–Crippen MR) is 94.7 cm³/mol. The van der Waals surface area contributed by atoms with E-state index in [2.05, 4.69) is 24.6 Å². The number of piperazine rings is 1. The van der Waals surface area contributed by atoms with Gasteiger partial charge in [-0.05, 0) is 18.2 Å². The Labute approximate surface area is 148 Å². The van der Waals surface area contributed by atoms with Gasteiger partial charge in [-0.15, -0.1) is 0 Å². The monoisotopic (exact) mass is 356 g/mol. The first kappa shape index (κ1) is 15.6. The highest BCUT2D eigenvalue weighted by atomic mass is 32.1. The summed E-state index contributed by atoms with van der Waals surface area (Å²) in [4.78, 5) is 24.8. The van der Waals surface area contributed by atoms with E-state index in [1.54, 1.807) is 35.9 Å². The number of amides is 2. The van der Waals surface area contributed by atoms with E-state index >= 15 is 0 Å². The molecule has 1 aliphatic heterocycles. The van der Waals surface area contributed by atoms with Gasteiger partial charge in [-0.2, -0.15) is 9.36 Å². The van der Waals surface area contributed by atoms with Gasteiger partial charge in [-0.1, -0.05) is 0 Å². The SMILES string of the molecule is O=C(Nc1cccnc1)N1CCN(c2nc(-c3ccoc3)ns2)CC1. The Morgan fingerprint density at radius 2 is 2.12 bits per heavy atom. The number of furan rings is 1. The lowest BCUT2D eigenvalue weighted by Gasteiger charge is -2.34. The van der Waals surface area contributed by atoms with E-state index in [-0.39, 0.29) is 6.03 Å². The molecule has 4 heterocycles. The fraction of sp³-hybridized carbons (Fsp3) is 0.250. The molecule has 25 heavy (non-hydrogen) atoms. The van der Waals surface area contributed by atoms with Gasteiger partial charge in [-0.25, -0.2) is 4.79 Å². The number of aromatic nitrogens is 3. The van der Waals surface area contributed by atoms with Gasteiger partial charge in [-0.3, -0.25) is 4.98 Å². The molecule has 0 bridgehead atoms. The lowest BCUT2D eigenvalue weighted by molar-refractivity contribution is 0.208. The molecule has 3 aromatic heterocycles. The zero-order chi connectivity index (χ0) is 17.1. The average Bonchev–Trinajstić information content (AvgIpc) is 3.34. The molecule has 1 saturated heterocycles. The first-order valence-electron chi connectivity index (χ1n) is 7.87. The van der Waals surface area contributed by atoms with Crippen LogP contribution in [0, 0.1) is 0 Å². The van der Waals surface area contributed by atoms with Gasteiger partial charge in [0.15, 0.2) is 5.82 Å². The summed E-state index contributed by atoms with van der Waals surface area (Å²) >= 11 is 1.36. The van der Waals surface area contributed by atoms with Gasteiger partial charge in [0.2, 0.25) is 5.13 Å². The van der Waals surface area contributed by atoms with Crippen LogP contribution in [-0.4, -0.2) is 51.5 Å². The highest BCUT2D eigenvalue weighted by Gasteiger charge is 2.23. The number of hydrogen-bond donors (Lipinski definition) is 1. The molecule has 128 valence electrons. The summed E-state index contributed by atoms with van der Waals surface area (Å²) in [7, 11) is 0. The van der Waals surface area contributed by atoms with Gasteiger partial charge >= 0.3 is 6.03 Å². The second-order valence-electron chi connectivity index (χ2n) is 5.56. The molecule has 0 aliphatic carbocycles. The molecule has 8 nitrogen and oxygen atoms in total. The van der Waals surface area contributed by atoms with Gasteiger partial charge in [0.05, 0.1) is 23.7 Å². The van der Waals surface area contributed by atoms with E-state index in [0.717, 1.165) is 23.8 Å². The van der Waals surface area contributed by atoms with E-state index in [1.807, 2.05) is 12.1 Å². The van der Waals surface area contributed by atoms with Crippen molar-refractivity contribution < 1.29 is 9.21 Å². The van der Waals surface area contributed by atoms with Crippen LogP contribution in [0.25, 0.3) is 11.4 Å². The number of carbonyl (C=O) groups is 1. The Morgan fingerprint density at radius 3 is 2.84 bits per heavy atom. The third-order valence-corrected chi connectivity index (χ3v) is 4.72. The van der Waals surface area contributed by atoms with Crippen molar-refractivity contribution in [2.24, 2.45) is 0 Å². The van der Waals surface area contributed by atoms with Crippen molar-refractivity contribution in [3.63, 3.8) is 0 Å². The zero-order valence-electron chi connectivity index (χ0n) is 13.3. The van der Waals surface area contributed by atoms with E-state index < -0.39 is 0 Å². The molecule has 0 aromatic carbocycles. The Balaban J connectivity index is 1.34. The normalized spacial score (nSPS) is 14.6. The van der Waals surface area contributed by atoms with Crippen molar-refractivity contribution in [1.82, 2.24) is 19.2 Å². The number of hydrogen-bond acceptors (Lipinski definition) is 7. The van der Waals surface area contributed by atoms with Crippen LogP contribution in [0.4, 0.5) is 15.6 Å². The summed E-state index contributed by atoms with van der Waals surface area (Å²) < 4.78 is 9.44. The Bertz CT molecular complexity index is 827. The van der Waals surface area contributed by atoms with Crippen LogP contribution >= 0.6 is 11.5 Å². The molecule has 2 amide bonds. The van der Waals surface area contributed by atoms with Crippen LogP contribution in [-0.2, 0) is 0 Å².